The number of carbonyl (C=O) groups is 3. The molecule has 1 N–H and O–H groups in total. The molecule has 1 fully saturated rings. The van der Waals surface area contributed by atoms with E-state index < -0.39 is 17.8 Å². The van der Waals surface area contributed by atoms with Gasteiger partial charge in [-0.15, -0.1) is 0 Å². The van der Waals surface area contributed by atoms with Gasteiger partial charge < -0.3 is 15.1 Å². The smallest absolute Gasteiger partial charge is 0.256 e. The van der Waals surface area contributed by atoms with Crippen LogP contribution in [-0.4, -0.2) is 41.8 Å². The number of halogens is 1. The van der Waals surface area contributed by atoms with Crippen molar-refractivity contribution in [3.05, 3.63) is 65.5 Å². The molecular formula is C21H20FN3O3. The number of nitrogens with zero attached hydrogens (tertiary/aromatic N) is 2. The molecule has 2 aliphatic heterocycles. The van der Waals surface area contributed by atoms with Crippen LogP contribution in [0.2, 0.25) is 0 Å². The predicted octanol–water partition coefficient (Wildman–Crippen LogP) is 2.09. The highest BCUT2D eigenvalue weighted by atomic mass is 19.1. The van der Waals surface area contributed by atoms with Crippen molar-refractivity contribution >= 4 is 23.4 Å². The van der Waals surface area contributed by atoms with Gasteiger partial charge in [0, 0.05) is 18.7 Å². The lowest BCUT2D eigenvalue weighted by molar-refractivity contribution is -0.125. The van der Waals surface area contributed by atoms with Crippen LogP contribution in [0, 0.1) is 5.82 Å². The Labute approximate surface area is 161 Å². The Morgan fingerprint density at radius 3 is 2.68 bits per heavy atom. The first-order valence-corrected chi connectivity index (χ1v) is 9.28. The summed E-state index contributed by atoms with van der Waals surface area (Å²) >= 11 is 0. The zero-order valence-corrected chi connectivity index (χ0v) is 15.2. The summed E-state index contributed by atoms with van der Waals surface area (Å²) in [5, 5.41) is 2.66. The van der Waals surface area contributed by atoms with Crippen LogP contribution in [0.3, 0.4) is 0 Å². The first-order valence-electron chi connectivity index (χ1n) is 9.28. The molecule has 0 unspecified atom stereocenters. The Kier molecular flexibility index (Phi) is 4.81. The van der Waals surface area contributed by atoms with Crippen molar-refractivity contribution in [1.29, 1.82) is 0 Å². The molecule has 2 aromatic rings. The fourth-order valence-electron chi connectivity index (χ4n) is 3.81. The summed E-state index contributed by atoms with van der Waals surface area (Å²) < 4.78 is 13.7. The molecular weight excluding hydrogens is 361 g/mol. The van der Waals surface area contributed by atoms with E-state index in [2.05, 4.69) is 5.32 Å². The van der Waals surface area contributed by atoms with Gasteiger partial charge in [-0.1, -0.05) is 30.3 Å². The average Bonchev–Trinajstić information content (AvgIpc) is 3.18. The Bertz CT molecular complexity index is 946. The number of hydrogen-bond donors (Lipinski definition) is 1. The van der Waals surface area contributed by atoms with E-state index in [0.29, 0.717) is 29.8 Å². The standard InChI is InChI=1S/C21H20FN3O3/c22-16-8-3-1-6-14(16)12-23-19(26)13-25-17-9-4-2-7-15(17)20(27)24-11-5-10-18(24)21(25)28/h1-4,6-9,18H,5,10-13H2,(H,23,26)/t18-/m0/s1. The van der Waals surface area contributed by atoms with E-state index in [1.807, 2.05) is 0 Å². The van der Waals surface area contributed by atoms with E-state index in [4.69, 9.17) is 0 Å². The van der Waals surface area contributed by atoms with E-state index in [1.54, 1.807) is 47.4 Å². The van der Waals surface area contributed by atoms with Gasteiger partial charge >= 0.3 is 0 Å². The largest absolute Gasteiger partial charge is 0.350 e. The second kappa shape index (κ2) is 7.42. The molecule has 144 valence electrons. The quantitative estimate of drug-likeness (QED) is 0.882. The first kappa shape index (κ1) is 18.2. The number of anilines is 1. The molecule has 7 heteroatoms. The first-order chi connectivity index (χ1) is 13.6. The third kappa shape index (κ3) is 3.24. The third-order valence-corrected chi connectivity index (χ3v) is 5.23. The van der Waals surface area contributed by atoms with Gasteiger partial charge in [-0.05, 0) is 31.0 Å². The van der Waals surface area contributed by atoms with Crippen LogP contribution in [-0.2, 0) is 16.1 Å². The Morgan fingerprint density at radius 2 is 1.86 bits per heavy atom. The van der Waals surface area contributed by atoms with E-state index in [0.717, 1.165) is 6.42 Å². The van der Waals surface area contributed by atoms with E-state index in [1.165, 1.54) is 11.0 Å². The van der Waals surface area contributed by atoms with Gasteiger partial charge in [0.25, 0.3) is 5.91 Å². The fraction of sp³-hybridized carbons (Fsp3) is 0.286. The third-order valence-electron chi connectivity index (χ3n) is 5.23. The van der Waals surface area contributed by atoms with Crippen molar-refractivity contribution in [3.8, 4) is 0 Å². The lowest BCUT2D eigenvalue weighted by Gasteiger charge is -2.25. The van der Waals surface area contributed by atoms with Gasteiger partial charge in [-0.25, -0.2) is 4.39 Å². The number of nitrogens with one attached hydrogen (secondary N) is 1. The zero-order valence-electron chi connectivity index (χ0n) is 15.2. The molecule has 1 atom stereocenters. The van der Waals surface area contributed by atoms with Gasteiger partial charge in [-0.3, -0.25) is 14.4 Å². The Hall–Kier alpha value is -3.22. The average molecular weight is 381 g/mol. The Morgan fingerprint density at radius 1 is 1.11 bits per heavy atom. The second-order valence-electron chi connectivity index (χ2n) is 6.97. The number of para-hydroxylation sites is 1. The van der Waals surface area contributed by atoms with Crippen LogP contribution in [0.4, 0.5) is 10.1 Å². The van der Waals surface area contributed by atoms with Crippen molar-refractivity contribution in [3.63, 3.8) is 0 Å². The van der Waals surface area contributed by atoms with Crippen LogP contribution >= 0.6 is 0 Å². The maximum atomic E-state index is 13.7. The highest BCUT2D eigenvalue weighted by molar-refractivity contribution is 6.12. The van der Waals surface area contributed by atoms with Crippen LogP contribution in [0.15, 0.2) is 48.5 Å². The van der Waals surface area contributed by atoms with Crippen LogP contribution in [0.25, 0.3) is 0 Å². The minimum Gasteiger partial charge on any atom is -0.350 e. The second-order valence-corrected chi connectivity index (χ2v) is 6.97. The summed E-state index contributed by atoms with van der Waals surface area (Å²) in [5.41, 5.74) is 1.23. The number of amides is 3. The number of rotatable bonds is 4. The summed E-state index contributed by atoms with van der Waals surface area (Å²) in [6.07, 6.45) is 1.35. The van der Waals surface area contributed by atoms with Crippen molar-refractivity contribution in [2.24, 2.45) is 0 Å². The van der Waals surface area contributed by atoms with Crippen molar-refractivity contribution in [1.82, 2.24) is 10.2 Å². The highest BCUT2D eigenvalue weighted by Crippen LogP contribution is 2.32. The SMILES string of the molecule is O=C(CN1C(=O)[C@@H]2CCCN2C(=O)c2ccccc21)NCc1ccccc1F. The van der Waals surface area contributed by atoms with Gasteiger partial charge in [0.1, 0.15) is 18.4 Å². The molecule has 0 saturated carbocycles. The van der Waals surface area contributed by atoms with Crippen molar-refractivity contribution in [2.45, 2.75) is 25.4 Å². The lowest BCUT2D eigenvalue weighted by atomic mass is 10.1. The number of benzene rings is 2. The highest BCUT2D eigenvalue weighted by Gasteiger charge is 2.42. The molecule has 3 amide bonds. The van der Waals surface area contributed by atoms with Crippen LogP contribution in [0.1, 0.15) is 28.8 Å². The normalized spacial score (nSPS) is 18.5. The van der Waals surface area contributed by atoms with E-state index >= 15 is 0 Å². The molecule has 0 spiro atoms. The minimum absolute atomic E-state index is 0.0314. The van der Waals surface area contributed by atoms with Crippen molar-refractivity contribution in [2.75, 3.05) is 18.0 Å². The fourth-order valence-corrected chi connectivity index (χ4v) is 3.81. The number of carbonyl (C=O) groups excluding carboxylic acids is 3. The molecule has 4 rings (SSSR count). The lowest BCUT2D eigenvalue weighted by Crippen LogP contribution is -2.48. The molecule has 0 aliphatic carbocycles. The zero-order chi connectivity index (χ0) is 19.7. The number of fused-ring (bicyclic) bond motifs is 2. The summed E-state index contributed by atoms with van der Waals surface area (Å²) in [5.74, 6) is -1.24. The van der Waals surface area contributed by atoms with Gasteiger partial charge in [0.15, 0.2) is 0 Å². The van der Waals surface area contributed by atoms with Crippen LogP contribution in [0.5, 0.6) is 0 Å². The van der Waals surface area contributed by atoms with E-state index in [9.17, 15) is 18.8 Å². The molecule has 2 aliphatic rings. The molecule has 2 aromatic carbocycles. The van der Waals surface area contributed by atoms with Crippen molar-refractivity contribution < 1.29 is 18.8 Å². The van der Waals surface area contributed by atoms with Gasteiger partial charge in [-0.2, -0.15) is 0 Å². The monoisotopic (exact) mass is 381 g/mol. The van der Waals surface area contributed by atoms with Gasteiger partial charge in [0.05, 0.1) is 11.3 Å². The molecule has 1 saturated heterocycles. The van der Waals surface area contributed by atoms with Gasteiger partial charge in [0.2, 0.25) is 11.8 Å². The molecule has 0 aromatic heterocycles. The molecule has 2 heterocycles. The number of hydrogen-bond acceptors (Lipinski definition) is 3. The Balaban J connectivity index is 1.56. The minimum atomic E-state index is -0.542. The topological polar surface area (TPSA) is 69.7 Å². The summed E-state index contributed by atoms with van der Waals surface area (Å²) in [6, 6.07) is 12.5. The van der Waals surface area contributed by atoms with E-state index in [-0.39, 0.29) is 24.9 Å². The summed E-state index contributed by atoms with van der Waals surface area (Å²) in [7, 11) is 0. The predicted molar refractivity (Wildman–Crippen MR) is 101 cm³/mol. The maximum Gasteiger partial charge on any atom is 0.256 e. The summed E-state index contributed by atoms with van der Waals surface area (Å²) in [4.78, 5) is 41.4. The maximum absolute atomic E-state index is 13.7. The van der Waals surface area contributed by atoms with Crippen LogP contribution < -0.4 is 10.2 Å². The molecule has 0 radical (unpaired) electrons. The molecule has 6 nitrogen and oxygen atoms in total. The molecule has 28 heavy (non-hydrogen) atoms. The molecule has 0 bridgehead atoms. The summed E-state index contributed by atoms with van der Waals surface area (Å²) in [6.45, 7) is 0.350.